The van der Waals surface area contributed by atoms with Crippen LogP contribution in [0.3, 0.4) is 0 Å². The van der Waals surface area contributed by atoms with Crippen molar-refractivity contribution < 1.29 is 0 Å². The molecule has 1 aromatic rings. The molecule has 0 fully saturated rings. The molecule has 0 aliphatic heterocycles. The summed E-state index contributed by atoms with van der Waals surface area (Å²) in [6, 6.07) is 0. The lowest BCUT2D eigenvalue weighted by Gasteiger charge is -2.07. The highest BCUT2D eigenvalue weighted by molar-refractivity contribution is 5.52. The third kappa shape index (κ3) is 1.33. The van der Waals surface area contributed by atoms with Crippen molar-refractivity contribution in [2.75, 3.05) is 5.73 Å². The van der Waals surface area contributed by atoms with Gasteiger partial charge in [0, 0.05) is 12.7 Å². The van der Waals surface area contributed by atoms with Gasteiger partial charge in [-0.1, -0.05) is 0 Å². The van der Waals surface area contributed by atoms with Crippen LogP contribution in [0.25, 0.3) is 0 Å². The maximum Gasteiger partial charge on any atom is 0.0604 e. The molecule has 1 heterocycles. The monoisotopic (exact) mass is 151 g/mol. The van der Waals surface area contributed by atoms with Crippen molar-refractivity contribution in [3.63, 3.8) is 0 Å². The standard InChI is InChI=1S/C8H13N3/c1-5-7(3-9)4-11-6(2)8(5)10/h4H,3,9-10H2,1-2H3. The Morgan fingerprint density at radius 2 is 2.09 bits per heavy atom. The number of nitrogens with two attached hydrogens (primary N) is 2. The van der Waals surface area contributed by atoms with Gasteiger partial charge in [-0.05, 0) is 25.0 Å². The lowest BCUT2D eigenvalue weighted by atomic mass is 10.1. The van der Waals surface area contributed by atoms with E-state index < -0.39 is 0 Å². The Labute approximate surface area is 66.4 Å². The number of rotatable bonds is 1. The Bertz CT molecular complexity index is 268. The molecule has 1 aromatic heterocycles. The summed E-state index contributed by atoms with van der Waals surface area (Å²) in [5.74, 6) is 0. The van der Waals surface area contributed by atoms with Gasteiger partial charge in [0.05, 0.1) is 11.4 Å². The van der Waals surface area contributed by atoms with E-state index in [0.717, 1.165) is 22.5 Å². The molecule has 0 unspecified atom stereocenters. The van der Waals surface area contributed by atoms with Crippen LogP contribution in [0.15, 0.2) is 6.20 Å². The molecule has 0 amide bonds. The zero-order chi connectivity index (χ0) is 8.43. The van der Waals surface area contributed by atoms with Crippen molar-refractivity contribution in [1.29, 1.82) is 0 Å². The normalized spacial score (nSPS) is 10.1. The van der Waals surface area contributed by atoms with Crippen LogP contribution in [-0.2, 0) is 6.54 Å². The van der Waals surface area contributed by atoms with Gasteiger partial charge >= 0.3 is 0 Å². The van der Waals surface area contributed by atoms with Crippen LogP contribution in [0.5, 0.6) is 0 Å². The molecule has 0 saturated carbocycles. The molecule has 60 valence electrons. The van der Waals surface area contributed by atoms with Gasteiger partial charge in [-0.2, -0.15) is 0 Å². The summed E-state index contributed by atoms with van der Waals surface area (Å²) in [5.41, 5.74) is 14.9. The van der Waals surface area contributed by atoms with Crippen LogP contribution in [0.1, 0.15) is 16.8 Å². The van der Waals surface area contributed by atoms with E-state index in [1.807, 2.05) is 13.8 Å². The van der Waals surface area contributed by atoms with Gasteiger partial charge in [-0.15, -0.1) is 0 Å². The number of anilines is 1. The molecule has 1 rings (SSSR count). The molecule has 0 aliphatic rings. The predicted molar refractivity (Wildman–Crippen MR) is 46.0 cm³/mol. The molecule has 3 nitrogen and oxygen atoms in total. The fourth-order valence-electron chi connectivity index (χ4n) is 0.991. The summed E-state index contributed by atoms with van der Waals surface area (Å²) in [6.45, 7) is 4.36. The highest BCUT2D eigenvalue weighted by Gasteiger charge is 2.02. The Morgan fingerprint density at radius 3 is 2.64 bits per heavy atom. The summed E-state index contributed by atoms with van der Waals surface area (Å²) < 4.78 is 0. The number of aryl methyl sites for hydroxylation is 1. The molecular formula is C8H13N3. The number of nitrogen functional groups attached to an aromatic ring is 1. The quantitative estimate of drug-likeness (QED) is 0.622. The second-order valence-corrected chi connectivity index (χ2v) is 2.61. The summed E-state index contributed by atoms with van der Waals surface area (Å²) in [4.78, 5) is 4.11. The lowest BCUT2D eigenvalue weighted by Crippen LogP contribution is -2.04. The molecule has 0 saturated heterocycles. The van der Waals surface area contributed by atoms with Crippen LogP contribution in [-0.4, -0.2) is 4.98 Å². The van der Waals surface area contributed by atoms with Gasteiger partial charge in [-0.25, -0.2) is 0 Å². The first-order chi connectivity index (χ1) is 5.16. The molecule has 3 heteroatoms. The fourth-order valence-corrected chi connectivity index (χ4v) is 0.991. The van der Waals surface area contributed by atoms with Crippen molar-refractivity contribution in [2.24, 2.45) is 5.73 Å². The largest absolute Gasteiger partial charge is 0.397 e. The first kappa shape index (κ1) is 8.01. The van der Waals surface area contributed by atoms with E-state index in [4.69, 9.17) is 11.5 Å². The number of nitrogens with zero attached hydrogens (tertiary/aromatic N) is 1. The molecule has 0 aliphatic carbocycles. The average Bonchev–Trinajstić information content (AvgIpc) is 2.01. The molecular weight excluding hydrogens is 138 g/mol. The SMILES string of the molecule is Cc1ncc(CN)c(C)c1N. The molecule has 0 bridgehead atoms. The van der Waals surface area contributed by atoms with Gasteiger partial charge < -0.3 is 11.5 Å². The van der Waals surface area contributed by atoms with E-state index in [0.29, 0.717) is 6.54 Å². The van der Waals surface area contributed by atoms with E-state index in [9.17, 15) is 0 Å². The zero-order valence-electron chi connectivity index (χ0n) is 6.89. The summed E-state index contributed by atoms with van der Waals surface area (Å²) >= 11 is 0. The summed E-state index contributed by atoms with van der Waals surface area (Å²) in [5, 5.41) is 0. The molecule has 11 heavy (non-hydrogen) atoms. The van der Waals surface area contributed by atoms with E-state index >= 15 is 0 Å². The Morgan fingerprint density at radius 1 is 1.45 bits per heavy atom. The zero-order valence-corrected chi connectivity index (χ0v) is 6.89. The fraction of sp³-hybridized carbons (Fsp3) is 0.375. The van der Waals surface area contributed by atoms with E-state index in [1.165, 1.54) is 0 Å². The minimum atomic E-state index is 0.503. The number of aromatic nitrogens is 1. The van der Waals surface area contributed by atoms with Crippen molar-refractivity contribution >= 4 is 5.69 Å². The van der Waals surface area contributed by atoms with Crippen molar-refractivity contribution in [1.82, 2.24) is 4.98 Å². The van der Waals surface area contributed by atoms with Crippen molar-refractivity contribution in [3.05, 3.63) is 23.0 Å². The van der Waals surface area contributed by atoms with Crippen LogP contribution in [0.2, 0.25) is 0 Å². The third-order valence-electron chi connectivity index (χ3n) is 1.91. The summed E-state index contributed by atoms with van der Waals surface area (Å²) in [7, 11) is 0. The molecule has 4 N–H and O–H groups in total. The van der Waals surface area contributed by atoms with Crippen LogP contribution in [0.4, 0.5) is 5.69 Å². The maximum absolute atomic E-state index is 5.74. The molecule has 0 aromatic carbocycles. The smallest absolute Gasteiger partial charge is 0.0604 e. The lowest BCUT2D eigenvalue weighted by molar-refractivity contribution is 1.01. The van der Waals surface area contributed by atoms with E-state index in [-0.39, 0.29) is 0 Å². The Balaban J connectivity index is 3.25. The van der Waals surface area contributed by atoms with Crippen molar-refractivity contribution in [2.45, 2.75) is 20.4 Å². The highest BCUT2D eigenvalue weighted by atomic mass is 14.7. The van der Waals surface area contributed by atoms with Gasteiger partial charge in [0.2, 0.25) is 0 Å². The van der Waals surface area contributed by atoms with Crippen molar-refractivity contribution in [3.8, 4) is 0 Å². The predicted octanol–water partition coefficient (Wildman–Crippen LogP) is 0.739. The number of pyridine rings is 1. The molecule has 0 spiro atoms. The number of hydrogen-bond acceptors (Lipinski definition) is 3. The van der Waals surface area contributed by atoms with E-state index in [2.05, 4.69) is 4.98 Å². The average molecular weight is 151 g/mol. The third-order valence-corrected chi connectivity index (χ3v) is 1.91. The van der Waals surface area contributed by atoms with Crippen LogP contribution < -0.4 is 11.5 Å². The Kier molecular flexibility index (Phi) is 2.10. The summed E-state index contributed by atoms with van der Waals surface area (Å²) in [6.07, 6.45) is 1.78. The second-order valence-electron chi connectivity index (χ2n) is 2.61. The van der Waals surface area contributed by atoms with Gasteiger partial charge in [0.25, 0.3) is 0 Å². The highest BCUT2D eigenvalue weighted by Crippen LogP contribution is 2.16. The maximum atomic E-state index is 5.74. The molecule has 0 radical (unpaired) electrons. The first-order valence-electron chi connectivity index (χ1n) is 3.57. The van der Waals surface area contributed by atoms with Crippen LogP contribution in [0, 0.1) is 13.8 Å². The van der Waals surface area contributed by atoms with Crippen LogP contribution >= 0.6 is 0 Å². The van der Waals surface area contributed by atoms with Gasteiger partial charge in [0.1, 0.15) is 0 Å². The second kappa shape index (κ2) is 2.88. The van der Waals surface area contributed by atoms with E-state index in [1.54, 1.807) is 6.20 Å². The minimum absolute atomic E-state index is 0.503. The van der Waals surface area contributed by atoms with Gasteiger partial charge in [-0.3, -0.25) is 4.98 Å². The minimum Gasteiger partial charge on any atom is -0.397 e. The topological polar surface area (TPSA) is 64.9 Å². The Hall–Kier alpha value is -1.09. The van der Waals surface area contributed by atoms with Gasteiger partial charge in [0.15, 0.2) is 0 Å². The first-order valence-corrected chi connectivity index (χ1v) is 3.57. The molecule has 0 atom stereocenters. The number of hydrogen-bond donors (Lipinski definition) is 2.